The molecule has 0 saturated carbocycles. The van der Waals surface area contributed by atoms with Gasteiger partial charge in [0.25, 0.3) is 5.91 Å². The normalized spacial score (nSPS) is 12.6. The molecule has 3 aromatic rings. The highest BCUT2D eigenvalue weighted by Gasteiger charge is 2.17. The standard InChI is InChI=1S/C18H18F2N4O/c1-10(2)24-17-12(9-22-24)6-13(8-21-17)18(25)23-11(3)15-5-4-14(19)7-16(15)20/h4-11H,1-3H3,(H,23,25)/t11-/m1/s1. The Labute approximate surface area is 143 Å². The molecule has 0 saturated heterocycles. The molecule has 0 unspecified atom stereocenters. The summed E-state index contributed by atoms with van der Waals surface area (Å²) in [6.45, 7) is 5.62. The average molecular weight is 344 g/mol. The molecule has 0 bridgehead atoms. The van der Waals surface area contributed by atoms with Gasteiger partial charge in [-0.3, -0.25) is 4.79 Å². The fourth-order valence-corrected chi connectivity index (χ4v) is 2.65. The molecule has 1 aromatic carbocycles. The molecule has 130 valence electrons. The number of pyridine rings is 1. The largest absolute Gasteiger partial charge is 0.345 e. The number of aromatic nitrogens is 3. The van der Waals surface area contributed by atoms with Crippen molar-refractivity contribution in [3.63, 3.8) is 0 Å². The molecule has 5 nitrogen and oxygen atoms in total. The van der Waals surface area contributed by atoms with E-state index >= 15 is 0 Å². The van der Waals surface area contributed by atoms with E-state index in [0.29, 0.717) is 11.2 Å². The van der Waals surface area contributed by atoms with Gasteiger partial charge in [-0.15, -0.1) is 0 Å². The third kappa shape index (κ3) is 3.35. The highest BCUT2D eigenvalue weighted by atomic mass is 19.1. The van der Waals surface area contributed by atoms with E-state index in [2.05, 4.69) is 15.4 Å². The molecule has 3 rings (SSSR count). The number of benzene rings is 1. The number of halogens is 2. The van der Waals surface area contributed by atoms with Gasteiger partial charge in [0.2, 0.25) is 0 Å². The summed E-state index contributed by atoms with van der Waals surface area (Å²) in [5.74, 6) is -1.74. The van der Waals surface area contributed by atoms with Gasteiger partial charge in [-0.05, 0) is 32.9 Å². The molecule has 0 fully saturated rings. The van der Waals surface area contributed by atoms with Crippen molar-refractivity contribution < 1.29 is 13.6 Å². The smallest absolute Gasteiger partial charge is 0.253 e. The lowest BCUT2D eigenvalue weighted by Gasteiger charge is -2.15. The molecule has 7 heteroatoms. The summed E-state index contributed by atoms with van der Waals surface area (Å²) in [5.41, 5.74) is 1.27. The summed E-state index contributed by atoms with van der Waals surface area (Å²) in [7, 11) is 0. The molecule has 0 aliphatic rings. The Kier molecular flexibility index (Phi) is 4.48. The lowest BCUT2D eigenvalue weighted by atomic mass is 10.1. The number of carbonyl (C=O) groups is 1. The minimum absolute atomic E-state index is 0.158. The molecular weight excluding hydrogens is 326 g/mol. The summed E-state index contributed by atoms with van der Waals surface area (Å²) in [6, 6.07) is 4.52. The van der Waals surface area contributed by atoms with Gasteiger partial charge < -0.3 is 5.32 Å². The first-order chi connectivity index (χ1) is 11.9. The topological polar surface area (TPSA) is 59.8 Å². The first kappa shape index (κ1) is 17.0. The van der Waals surface area contributed by atoms with Gasteiger partial charge in [0.05, 0.1) is 17.8 Å². The predicted octanol–water partition coefficient (Wildman–Crippen LogP) is 3.78. The van der Waals surface area contributed by atoms with Crippen LogP contribution in [0.5, 0.6) is 0 Å². The Balaban J connectivity index is 1.82. The predicted molar refractivity (Wildman–Crippen MR) is 90.2 cm³/mol. The summed E-state index contributed by atoms with van der Waals surface area (Å²) in [5, 5.41) is 7.71. The maximum Gasteiger partial charge on any atom is 0.253 e. The van der Waals surface area contributed by atoms with E-state index in [1.807, 2.05) is 13.8 Å². The van der Waals surface area contributed by atoms with Crippen molar-refractivity contribution in [3.8, 4) is 0 Å². The van der Waals surface area contributed by atoms with Crippen LogP contribution in [-0.2, 0) is 0 Å². The molecule has 0 radical (unpaired) electrons. The van der Waals surface area contributed by atoms with E-state index in [9.17, 15) is 13.6 Å². The minimum Gasteiger partial charge on any atom is -0.345 e. The minimum atomic E-state index is -0.695. The van der Waals surface area contributed by atoms with Crippen LogP contribution in [-0.4, -0.2) is 20.7 Å². The molecule has 1 atom stereocenters. The Bertz CT molecular complexity index is 936. The van der Waals surface area contributed by atoms with Crippen LogP contribution in [0.4, 0.5) is 8.78 Å². The third-order valence-corrected chi connectivity index (χ3v) is 3.96. The number of nitrogens with one attached hydrogen (secondary N) is 1. The second-order valence-electron chi connectivity index (χ2n) is 6.18. The first-order valence-electron chi connectivity index (χ1n) is 7.96. The van der Waals surface area contributed by atoms with Crippen molar-refractivity contribution in [1.82, 2.24) is 20.1 Å². The third-order valence-electron chi connectivity index (χ3n) is 3.96. The SMILES string of the molecule is CC(C)n1ncc2cc(C(=O)N[C@H](C)c3ccc(F)cc3F)cnc21. The molecule has 25 heavy (non-hydrogen) atoms. The summed E-state index contributed by atoms with van der Waals surface area (Å²) in [6.07, 6.45) is 3.12. The fourth-order valence-electron chi connectivity index (χ4n) is 2.65. The lowest BCUT2D eigenvalue weighted by molar-refractivity contribution is 0.0939. The number of hydrogen-bond donors (Lipinski definition) is 1. The van der Waals surface area contributed by atoms with Crippen LogP contribution in [0.25, 0.3) is 11.0 Å². The van der Waals surface area contributed by atoms with Gasteiger partial charge in [0.15, 0.2) is 5.65 Å². The van der Waals surface area contributed by atoms with Crippen molar-refractivity contribution >= 4 is 16.9 Å². The molecule has 2 aromatic heterocycles. The van der Waals surface area contributed by atoms with Crippen LogP contribution in [0.3, 0.4) is 0 Å². The Morgan fingerprint density at radius 2 is 1.92 bits per heavy atom. The fraction of sp³-hybridized carbons (Fsp3) is 0.278. The van der Waals surface area contributed by atoms with Crippen LogP contribution in [0, 0.1) is 11.6 Å². The highest BCUT2D eigenvalue weighted by molar-refractivity contribution is 5.97. The molecule has 0 aliphatic heterocycles. The van der Waals surface area contributed by atoms with Gasteiger partial charge in [-0.1, -0.05) is 6.07 Å². The Morgan fingerprint density at radius 1 is 1.16 bits per heavy atom. The van der Waals surface area contributed by atoms with E-state index in [1.54, 1.807) is 23.9 Å². The number of amides is 1. The Hall–Kier alpha value is -2.83. The van der Waals surface area contributed by atoms with Crippen molar-refractivity contribution in [2.75, 3.05) is 0 Å². The van der Waals surface area contributed by atoms with Crippen LogP contribution in [0.2, 0.25) is 0 Å². The first-order valence-corrected chi connectivity index (χ1v) is 7.96. The van der Waals surface area contributed by atoms with E-state index in [0.717, 1.165) is 17.5 Å². The molecule has 0 spiro atoms. The van der Waals surface area contributed by atoms with Crippen LogP contribution in [0.15, 0.2) is 36.7 Å². The van der Waals surface area contributed by atoms with Crippen LogP contribution in [0.1, 0.15) is 48.8 Å². The van der Waals surface area contributed by atoms with Gasteiger partial charge >= 0.3 is 0 Å². The van der Waals surface area contributed by atoms with Crippen molar-refractivity contribution in [2.24, 2.45) is 0 Å². The molecule has 1 N–H and O–H groups in total. The van der Waals surface area contributed by atoms with Crippen molar-refractivity contribution in [3.05, 3.63) is 59.4 Å². The summed E-state index contributed by atoms with van der Waals surface area (Å²) in [4.78, 5) is 16.7. The van der Waals surface area contributed by atoms with E-state index in [4.69, 9.17) is 0 Å². The van der Waals surface area contributed by atoms with Gasteiger partial charge in [0, 0.05) is 29.3 Å². The van der Waals surface area contributed by atoms with E-state index in [-0.39, 0.29) is 17.5 Å². The second-order valence-corrected chi connectivity index (χ2v) is 6.18. The van der Waals surface area contributed by atoms with Crippen LogP contribution < -0.4 is 5.32 Å². The number of nitrogens with zero attached hydrogens (tertiary/aromatic N) is 3. The second kappa shape index (κ2) is 6.58. The number of rotatable bonds is 4. The van der Waals surface area contributed by atoms with Gasteiger partial charge in [-0.2, -0.15) is 5.10 Å². The zero-order valence-corrected chi connectivity index (χ0v) is 14.1. The van der Waals surface area contributed by atoms with Gasteiger partial charge in [-0.25, -0.2) is 18.4 Å². The molecule has 2 heterocycles. The zero-order chi connectivity index (χ0) is 18.1. The number of carbonyl (C=O) groups excluding carboxylic acids is 1. The van der Waals surface area contributed by atoms with E-state index in [1.165, 1.54) is 12.3 Å². The number of hydrogen-bond acceptors (Lipinski definition) is 3. The summed E-state index contributed by atoms with van der Waals surface area (Å²) >= 11 is 0. The van der Waals surface area contributed by atoms with Gasteiger partial charge in [0.1, 0.15) is 11.6 Å². The van der Waals surface area contributed by atoms with E-state index < -0.39 is 17.7 Å². The average Bonchev–Trinajstić information content (AvgIpc) is 2.97. The highest BCUT2D eigenvalue weighted by Crippen LogP contribution is 2.20. The van der Waals surface area contributed by atoms with Crippen LogP contribution >= 0.6 is 0 Å². The maximum atomic E-state index is 13.8. The molecular formula is C18H18F2N4O. The Morgan fingerprint density at radius 3 is 2.60 bits per heavy atom. The zero-order valence-electron chi connectivity index (χ0n) is 14.1. The maximum absolute atomic E-state index is 13.8. The van der Waals surface area contributed by atoms with Crippen molar-refractivity contribution in [1.29, 1.82) is 0 Å². The quantitative estimate of drug-likeness (QED) is 0.783. The molecule has 0 aliphatic carbocycles. The monoisotopic (exact) mass is 344 g/mol. The van der Waals surface area contributed by atoms with Crippen molar-refractivity contribution in [2.45, 2.75) is 32.9 Å². The number of fused-ring (bicyclic) bond motifs is 1. The molecule has 1 amide bonds. The lowest BCUT2D eigenvalue weighted by Crippen LogP contribution is -2.27. The summed E-state index contributed by atoms with van der Waals surface area (Å²) < 4.78 is 28.6.